The van der Waals surface area contributed by atoms with Crippen molar-refractivity contribution in [3.05, 3.63) is 53.7 Å². The Labute approximate surface area is 149 Å². The van der Waals surface area contributed by atoms with Crippen molar-refractivity contribution in [3.63, 3.8) is 0 Å². The average molecular weight is 342 g/mol. The molecule has 2 rings (SSSR count). The molecular formula is C19H26N4O2. The van der Waals surface area contributed by atoms with E-state index in [1.54, 1.807) is 20.4 Å². The van der Waals surface area contributed by atoms with Gasteiger partial charge in [0.1, 0.15) is 5.75 Å². The molecule has 0 aliphatic heterocycles. The summed E-state index contributed by atoms with van der Waals surface area (Å²) in [5.41, 5.74) is 2.25. The van der Waals surface area contributed by atoms with Crippen LogP contribution in [0, 0.1) is 0 Å². The van der Waals surface area contributed by atoms with Gasteiger partial charge in [-0.15, -0.1) is 0 Å². The highest BCUT2D eigenvalue weighted by Crippen LogP contribution is 2.13. The normalized spacial score (nSPS) is 11.1. The molecule has 0 fully saturated rings. The first-order valence-electron chi connectivity index (χ1n) is 8.27. The average Bonchev–Trinajstić information content (AvgIpc) is 2.65. The van der Waals surface area contributed by atoms with Crippen LogP contribution in [0.25, 0.3) is 0 Å². The van der Waals surface area contributed by atoms with Crippen LogP contribution >= 0.6 is 0 Å². The van der Waals surface area contributed by atoms with E-state index in [0.717, 1.165) is 30.4 Å². The molecule has 6 heteroatoms. The monoisotopic (exact) mass is 342 g/mol. The van der Waals surface area contributed by atoms with Crippen molar-refractivity contribution in [1.29, 1.82) is 0 Å². The van der Waals surface area contributed by atoms with Crippen molar-refractivity contribution in [2.45, 2.75) is 20.0 Å². The first-order valence-corrected chi connectivity index (χ1v) is 8.27. The molecule has 1 heterocycles. The minimum absolute atomic E-state index is 0.564. The Balaban J connectivity index is 2.06. The van der Waals surface area contributed by atoms with Crippen LogP contribution in [0.4, 0.5) is 0 Å². The second kappa shape index (κ2) is 9.52. The molecule has 0 aliphatic carbocycles. The van der Waals surface area contributed by atoms with Gasteiger partial charge in [-0.3, -0.25) is 0 Å². The topological polar surface area (TPSA) is 59.0 Å². The predicted octanol–water partition coefficient (Wildman–Crippen LogP) is 2.70. The zero-order valence-electron chi connectivity index (χ0n) is 15.3. The predicted molar refractivity (Wildman–Crippen MR) is 100 cm³/mol. The molecule has 0 spiro atoms. The highest BCUT2D eigenvalue weighted by atomic mass is 16.5. The van der Waals surface area contributed by atoms with Crippen molar-refractivity contribution in [1.82, 2.24) is 15.2 Å². The quantitative estimate of drug-likeness (QED) is 0.619. The van der Waals surface area contributed by atoms with E-state index in [2.05, 4.69) is 34.3 Å². The van der Waals surface area contributed by atoms with Crippen LogP contribution in [0.1, 0.15) is 18.1 Å². The summed E-state index contributed by atoms with van der Waals surface area (Å²) in [5, 5.41) is 3.33. The Morgan fingerprint density at radius 3 is 2.52 bits per heavy atom. The van der Waals surface area contributed by atoms with Gasteiger partial charge >= 0.3 is 0 Å². The van der Waals surface area contributed by atoms with Crippen LogP contribution in [-0.2, 0) is 13.1 Å². The molecule has 0 atom stereocenters. The number of nitrogens with zero attached hydrogens (tertiary/aromatic N) is 3. The van der Waals surface area contributed by atoms with Crippen LogP contribution in [0.3, 0.4) is 0 Å². The van der Waals surface area contributed by atoms with E-state index in [1.165, 1.54) is 5.56 Å². The second-order valence-electron chi connectivity index (χ2n) is 5.58. The first kappa shape index (κ1) is 18.6. The fourth-order valence-corrected chi connectivity index (χ4v) is 2.38. The number of hydrogen-bond acceptors (Lipinski definition) is 4. The lowest BCUT2D eigenvalue weighted by Crippen LogP contribution is -2.38. The number of methoxy groups -OCH3 is 2. The van der Waals surface area contributed by atoms with E-state index in [4.69, 9.17) is 14.5 Å². The number of rotatable bonds is 7. The third-order valence-electron chi connectivity index (χ3n) is 3.70. The van der Waals surface area contributed by atoms with Gasteiger partial charge in [0.25, 0.3) is 0 Å². The molecule has 25 heavy (non-hydrogen) atoms. The lowest BCUT2D eigenvalue weighted by molar-refractivity contribution is 0.397. The maximum Gasteiger partial charge on any atom is 0.213 e. The molecule has 0 radical (unpaired) electrons. The largest absolute Gasteiger partial charge is 0.497 e. The molecule has 1 aromatic heterocycles. The third kappa shape index (κ3) is 5.67. The highest BCUT2D eigenvalue weighted by Gasteiger charge is 2.07. The summed E-state index contributed by atoms with van der Waals surface area (Å²) in [4.78, 5) is 10.9. The minimum atomic E-state index is 0.564. The molecule has 6 nitrogen and oxygen atoms in total. The van der Waals surface area contributed by atoms with E-state index in [0.29, 0.717) is 12.4 Å². The van der Waals surface area contributed by atoms with Gasteiger partial charge in [0, 0.05) is 32.4 Å². The third-order valence-corrected chi connectivity index (χ3v) is 3.70. The van der Waals surface area contributed by atoms with Crippen molar-refractivity contribution < 1.29 is 9.47 Å². The van der Waals surface area contributed by atoms with E-state index in [-0.39, 0.29) is 0 Å². The SMILES string of the molecule is CCNC(=NCc1ccnc(OC)c1)N(C)Cc1ccc(OC)cc1. The summed E-state index contributed by atoms with van der Waals surface area (Å²) in [7, 11) is 5.31. The Morgan fingerprint density at radius 2 is 1.88 bits per heavy atom. The van der Waals surface area contributed by atoms with E-state index in [9.17, 15) is 0 Å². The lowest BCUT2D eigenvalue weighted by Gasteiger charge is -2.22. The van der Waals surface area contributed by atoms with E-state index in [1.807, 2.05) is 31.3 Å². The molecule has 1 N–H and O–H groups in total. The number of guanidine groups is 1. The van der Waals surface area contributed by atoms with Gasteiger partial charge in [-0.05, 0) is 36.2 Å². The Hall–Kier alpha value is -2.76. The molecule has 134 valence electrons. The van der Waals surface area contributed by atoms with Gasteiger partial charge < -0.3 is 19.7 Å². The van der Waals surface area contributed by atoms with Crippen LogP contribution in [0.2, 0.25) is 0 Å². The van der Waals surface area contributed by atoms with Crippen LogP contribution < -0.4 is 14.8 Å². The van der Waals surface area contributed by atoms with Gasteiger partial charge in [-0.2, -0.15) is 0 Å². The zero-order valence-corrected chi connectivity index (χ0v) is 15.3. The molecule has 1 aromatic carbocycles. The fourth-order valence-electron chi connectivity index (χ4n) is 2.38. The van der Waals surface area contributed by atoms with E-state index >= 15 is 0 Å². The molecule has 0 unspecified atom stereocenters. The molecule has 0 aliphatic rings. The summed E-state index contributed by atoms with van der Waals surface area (Å²) in [6.07, 6.45) is 1.73. The second-order valence-corrected chi connectivity index (χ2v) is 5.58. The standard InChI is InChI=1S/C19H26N4O2/c1-5-20-19(22-13-16-10-11-21-18(12-16)25-4)23(2)14-15-6-8-17(24-3)9-7-15/h6-12H,5,13-14H2,1-4H3,(H,20,22). The van der Waals surface area contributed by atoms with Gasteiger partial charge in [-0.25, -0.2) is 9.98 Å². The zero-order chi connectivity index (χ0) is 18.1. The fraction of sp³-hybridized carbons (Fsp3) is 0.368. The van der Waals surface area contributed by atoms with Gasteiger partial charge in [0.15, 0.2) is 5.96 Å². The Kier molecular flexibility index (Phi) is 7.07. The summed E-state index contributed by atoms with van der Waals surface area (Å²) in [6.45, 7) is 4.20. The van der Waals surface area contributed by atoms with Crippen molar-refractivity contribution in [2.75, 3.05) is 27.8 Å². The first-order chi connectivity index (χ1) is 12.2. The summed E-state index contributed by atoms with van der Waals surface area (Å²) in [5.74, 6) is 2.32. The number of benzene rings is 1. The van der Waals surface area contributed by atoms with Gasteiger partial charge in [-0.1, -0.05) is 12.1 Å². The molecule has 0 bridgehead atoms. The number of ether oxygens (including phenoxy) is 2. The molecule has 0 amide bonds. The number of pyridine rings is 1. The minimum Gasteiger partial charge on any atom is -0.497 e. The summed E-state index contributed by atoms with van der Waals surface area (Å²) >= 11 is 0. The smallest absolute Gasteiger partial charge is 0.213 e. The van der Waals surface area contributed by atoms with Crippen LogP contribution in [0.15, 0.2) is 47.6 Å². The number of aliphatic imine (C=N–C) groups is 1. The van der Waals surface area contributed by atoms with Crippen molar-refractivity contribution >= 4 is 5.96 Å². The molecule has 0 saturated carbocycles. The molecule has 2 aromatic rings. The van der Waals surface area contributed by atoms with E-state index < -0.39 is 0 Å². The van der Waals surface area contributed by atoms with Crippen molar-refractivity contribution in [3.8, 4) is 11.6 Å². The van der Waals surface area contributed by atoms with Crippen LogP contribution in [-0.4, -0.2) is 43.7 Å². The summed E-state index contributed by atoms with van der Waals surface area (Å²) < 4.78 is 10.4. The maximum atomic E-state index is 5.20. The van der Waals surface area contributed by atoms with Gasteiger partial charge in [0.2, 0.25) is 5.88 Å². The van der Waals surface area contributed by atoms with Crippen LogP contribution in [0.5, 0.6) is 11.6 Å². The van der Waals surface area contributed by atoms with Gasteiger partial charge in [0.05, 0.1) is 20.8 Å². The number of hydrogen-bond donors (Lipinski definition) is 1. The maximum absolute atomic E-state index is 5.20. The Bertz CT molecular complexity index is 686. The Morgan fingerprint density at radius 1 is 1.12 bits per heavy atom. The molecular weight excluding hydrogens is 316 g/mol. The van der Waals surface area contributed by atoms with Crippen molar-refractivity contribution in [2.24, 2.45) is 4.99 Å². The number of aromatic nitrogens is 1. The lowest BCUT2D eigenvalue weighted by atomic mass is 10.2. The summed E-state index contributed by atoms with van der Waals surface area (Å²) in [6, 6.07) is 11.9. The molecule has 0 saturated heterocycles. The highest BCUT2D eigenvalue weighted by molar-refractivity contribution is 5.79. The number of nitrogens with one attached hydrogen (secondary N) is 1.